The minimum atomic E-state index is -0.971. The fraction of sp³-hybridized carbons (Fsp3) is 0.256. The highest BCUT2D eigenvalue weighted by Gasteiger charge is 2.40. The van der Waals surface area contributed by atoms with Crippen LogP contribution in [0.15, 0.2) is 116 Å². The zero-order chi connectivity index (χ0) is 32.0. The maximum Gasteiger partial charge on any atom is 0.254 e. The summed E-state index contributed by atoms with van der Waals surface area (Å²) in [6, 6.07) is 31.7. The Balaban J connectivity index is 1.36. The number of allylic oxidation sites excluding steroid dienone is 1. The van der Waals surface area contributed by atoms with Crippen LogP contribution in [0.3, 0.4) is 0 Å². The van der Waals surface area contributed by atoms with Crippen molar-refractivity contribution in [3.63, 3.8) is 0 Å². The van der Waals surface area contributed by atoms with E-state index in [1.165, 1.54) is 0 Å². The molecule has 1 fully saturated rings. The fourth-order valence-corrected chi connectivity index (χ4v) is 6.60. The van der Waals surface area contributed by atoms with E-state index in [1.807, 2.05) is 103 Å². The summed E-state index contributed by atoms with van der Waals surface area (Å²) in [6.45, 7) is 4.06. The third kappa shape index (κ3) is 6.59. The van der Waals surface area contributed by atoms with Crippen molar-refractivity contribution in [1.29, 1.82) is 0 Å². The number of nitrogens with one attached hydrogen (secondary N) is 1. The summed E-state index contributed by atoms with van der Waals surface area (Å²) in [5, 5.41) is 3.11. The van der Waals surface area contributed by atoms with Crippen LogP contribution in [-0.2, 0) is 20.9 Å². The fourth-order valence-electron chi connectivity index (χ4n) is 6.60. The zero-order valence-electron chi connectivity index (χ0n) is 25.8. The smallest absolute Gasteiger partial charge is 0.254 e. The molecule has 1 saturated carbocycles. The van der Waals surface area contributed by atoms with E-state index in [0.29, 0.717) is 30.1 Å². The van der Waals surface area contributed by atoms with Crippen molar-refractivity contribution in [2.75, 3.05) is 4.90 Å². The molecule has 4 aromatic carbocycles. The molecule has 0 aromatic heterocycles. The number of benzene rings is 4. The Hall–Kier alpha value is -5.17. The van der Waals surface area contributed by atoms with Crippen LogP contribution in [0.1, 0.15) is 49.3 Å². The summed E-state index contributed by atoms with van der Waals surface area (Å²) in [5.74, 6) is -0.760. The molecule has 0 saturated heterocycles. The van der Waals surface area contributed by atoms with Crippen molar-refractivity contribution in [1.82, 2.24) is 5.32 Å². The Bertz CT molecular complexity index is 1730. The van der Waals surface area contributed by atoms with Gasteiger partial charge in [-0.15, -0.1) is 6.58 Å². The number of nitrogens with two attached hydrogens (primary N) is 1. The molecule has 1 heterocycles. The van der Waals surface area contributed by atoms with E-state index < -0.39 is 23.8 Å². The van der Waals surface area contributed by atoms with Crippen LogP contribution in [0.2, 0.25) is 0 Å². The molecule has 4 aromatic rings. The van der Waals surface area contributed by atoms with E-state index in [0.717, 1.165) is 47.4 Å². The number of anilines is 1. The van der Waals surface area contributed by atoms with Gasteiger partial charge in [0.2, 0.25) is 11.8 Å². The second kappa shape index (κ2) is 13.9. The van der Waals surface area contributed by atoms with Gasteiger partial charge in [-0.1, -0.05) is 98.1 Å². The molecule has 0 spiro atoms. The molecule has 3 amide bonds. The van der Waals surface area contributed by atoms with Gasteiger partial charge in [-0.3, -0.25) is 14.4 Å². The summed E-state index contributed by atoms with van der Waals surface area (Å²) in [4.78, 5) is 43.2. The third-order valence-electron chi connectivity index (χ3n) is 9.19. The van der Waals surface area contributed by atoms with Crippen molar-refractivity contribution >= 4 is 23.4 Å². The van der Waals surface area contributed by atoms with Crippen molar-refractivity contribution in [3.8, 4) is 22.6 Å². The molecule has 46 heavy (non-hydrogen) atoms. The molecule has 2 aliphatic rings. The van der Waals surface area contributed by atoms with Crippen LogP contribution < -0.4 is 20.7 Å². The molecular formula is C39H39N3O4. The standard InChI is InChI=1S/C39H39N3O4/c1-2-12-33(37(40)43)34(24-26-13-10-14-26)38(44)41-36-32-21-7-6-19-30(32)31-20-8-9-22-35(31)42(39(36)45)25-27-15-11-18-29(23-27)46-28-16-4-3-5-17-28/h2-9,11,15-23,26,33-34,36H,1,10,12-14,24-25H2,(H2,40,43)(H,41,44). The number of nitrogens with zero attached hydrogens (tertiary/aromatic N) is 1. The Morgan fingerprint density at radius 2 is 1.59 bits per heavy atom. The normalized spacial score (nSPS) is 17.0. The molecule has 7 heteroatoms. The molecule has 1 aliphatic carbocycles. The number of ether oxygens (including phenoxy) is 1. The van der Waals surface area contributed by atoms with Gasteiger partial charge >= 0.3 is 0 Å². The quantitative estimate of drug-likeness (QED) is 0.163. The average molecular weight is 614 g/mol. The molecule has 3 N–H and O–H groups in total. The third-order valence-corrected chi connectivity index (χ3v) is 9.19. The number of fused-ring (bicyclic) bond motifs is 3. The van der Waals surface area contributed by atoms with Gasteiger partial charge in [0, 0.05) is 5.56 Å². The lowest BCUT2D eigenvalue weighted by atomic mass is 9.74. The van der Waals surface area contributed by atoms with Crippen LogP contribution >= 0.6 is 0 Å². The number of rotatable bonds is 12. The minimum Gasteiger partial charge on any atom is -0.457 e. The molecule has 7 nitrogen and oxygen atoms in total. The van der Waals surface area contributed by atoms with Gasteiger partial charge < -0.3 is 20.7 Å². The molecule has 0 bridgehead atoms. The monoisotopic (exact) mass is 613 g/mol. The van der Waals surface area contributed by atoms with Crippen molar-refractivity contribution in [2.24, 2.45) is 23.5 Å². The summed E-state index contributed by atoms with van der Waals surface area (Å²) >= 11 is 0. The maximum atomic E-state index is 14.7. The summed E-state index contributed by atoms with van der Waals surface area (Å²) in [7, 11) is 0. The first kappa shape index (κ1) is 30.8. The lowest BCUT2D eigenvalue weighted by molar-refractivity contribution is -0.136. The second-order valence-electron chi connectivity index (χ2n) is 12.2. The van der Waals surface area contributed by atoms with E-state index in [2.05, 4.69) is 11.9 Å². The topological polar surface area (TPSA) is 102 Å². The zero-order valence-corrected chi connectivity index (χ0v) is 25.8. The predicted octanol–water partition coefficient (Wildman–Crippen LogP) is 7.33. The number of amides is 3. The molecule has 6 rings (SSSR count). The highest BCUT2D eigenvalue weighted by Crippen LogP contribution is 2.42. The lowest BCUT2D eigenvalue weighted by Crippen LogP contribution is -2.47. The van der Waals surface area contributed by atoms with Crippen LogP contribution in [0.25, 0.3) is 11.1 Å². The highest BCUT2D eigenvalue weighted by atomic mass is 16.5. The molecule has 3 atom stereocenters. The van der Waals surface area contributed by atoms with Crippen LogP contribution in [0.4, 0.5) is 5.69 Å². The number of carbonyl (C=O) groups is 3. The number of hydrogen-bond acceptors (Lipinski definition) is 4. The van der Waals surface area contributed by atoms with Gasteiger partial charge in [-0.05, 0) is 65.8 Å². The number of hydrogen-bond donors (Lipinski definition) is 2. The molecule has 1 aliphatic heterocycles. The Kier molecular flexibility index (Phi) is 9.29. The lowest BCUT2D eigenvalue weighted by Gasteiger charge is -2.33. The maximum absolute atomic E-state index is 14.7. The largest absolute Gasteiger partial charge is 0.457 e. The molecule has 3 unspecified atom stereocenters. The minimum absolute atomic E-state index is 0.258. The van der Waals surface area contributed by atoms with E-state index in [-0.39, 0.29) is 18.4 Å². The average Bonchev–Trinajstić information content (AvgIpc) is 3.13. The number of para-hydroxylation sites is 2. The summed E-state index contributed by atoms with van der Waals surface area (Å²) < 4.78 is 6.08. The first-order chi connectivity index (χ1) is 22.4. The van der Waals surface area contributed by atoms with Crippen molar-refractivity contribution in [3.05, 3.63) is 127 Å². The number of carbonyl (C=O) groups excluding carboxylic acids is 3. The molecular weight excluding hydrogens is 574 g/mol. The van der Waals surface area contributed by atoms with E-state index in [4.69, 9.17) is 10.5 Å². The SMILES string of the molecule is C=CCC(C(N)=O)C(CC1CCC1)C(=O)NC1C(=O)N(Cc2cccc(Oc3ccccc3)c2)c2ccccc2-c2ccccc21. The van der Waals surface area contributed by atoms with Crippen LogP contribution in [0, 0.1) is 17.8 Å². The summed E-state index contributed by atoms with van der Waals surface area (Å²) in [5.41, 5.74) is 9.92. The molecule has 234 valence electrons. The Morgan fingerprint density at radius 1 is 0.891 bits per heavy atom. The van der Waals surface area contributed by atoms with Gasteiger partial charge in [-0.2, -0.15) is 0 Å². The second-order valence-corrected chi connectivity index (χ2v) is 12.2. The van der Waals surface area contributed by atoms with E-state index in [9.17, 15) is 14.4 Å². The first-order valence-electron chi connectivity index (χ1n) is 15.9. The van der Waals surface area contributed by atoms with Gasteiger partial charge in [-0.25, -0.2) is 0 Å². The van der Waals surface area contributed by atoms with Crippen molar-refractivity contribution < 1.29 is 19.1 Å². The van der Waals surface area contributed by atoms with Gasteiger partial charge in [0.1, 0.15) is 17.5 Å². The van der Waals surface area contributed by atoms with Crippen LogP contribution in [-0.4, -0.2) is 17.7 Å². The van der Waals surface area contributed by atoms with E-state index >= 15 is 0 Å². The van der Waals surface area contributed by atoms with Crippen molar-refractivity contribution in [2.45, 2.75) is 44.7 Å². The van der Waals surface area contributed by atoms with Gasteiger partial charge in [0.05, 0.1) is 24.1 Å². The molecule has 0 radical (unpaired) electrons. The Labute approximate surface area is 270 Å². The number of primary amides is 1. The Morgan fingerprint density at radius 3 is 2.30 bits per heavy atom. The highest BCUT2D eigenvalue weighted by molar-refractivity contribution is 6.06. The van der Waals surface area contributed by atoms with Gasteiger partial charge in [0.25, 0.3) is 5.91 Å². The summed E-state index contributed by atoms with van der Waals surface area (Å²) in [6.07, 6.45) is 5.63. The first-order valence-corrected chi connectivity index (χ1v) is 15.9. The van der Waals surface area contributed by atoms with Crippen LogP contribution in [0.5, 0.6) is 11.5 Å². The van der Waals surface area contributed by atoms with E-state index in [1.54, 1.807) is 11.0 Å². The van der Waals surface area contributed by atoms with Gasteiger partial charge in [0.15, 0.2) is 0 Å². The predicted molar refractivity (Wildman–Crippen MR) is 180 cm³/mol.